The molecule has 5 heteroatoms. The van der Waals surface area contributed by atoms with Crippen LogP contribution in [0.3, 0.4) is 0 Å². The lowest BCUT2D eigenvalue weighted by molar-refractivity contribution is 0.121. The van der Waals surface area contributed by atoms with Gasteiger partial charge in [-0.05, 0) is 25.8 Å². The molecular formula is C17H23N3O2. The van der Waals surface area contributed by atoms with E-state index < -0.39 is 0 Å². The summed E-state index contributed by atoms with van der Waals surface area (Å²) in [6.45, 7) is 5.51. The zero-order chi connectivity index (χ0) is 15.5. The van der Waals surface area contributed by atoms with E-state index in [1.54, 1.807) is 0 Å². The molecule has 2 N–H and O–H groups in total. The number of nitrogens with zero attached hydrogens (tertiary/aromatic N) is 2. The Morgan fingerprint density at radius 2 is 2.23 bits per heavy atom. The van der Waals surface area contributed by atoms with E-state index >= 15 is 0 Å². The molecule has 0 saturated carbocycles. The molecule has 2 aromatic rings. The van der Waals surface area contributed by atoms with Gasteiger partial charge in [-0.1, -0.05) is 24.3 Å². The number of nitrogens with one attached hydrogen (secondary N) is 1. The lowest BCUT2D eigenvalue weighted by Crippen LogP contribution is -2.28. The fourth-order valence-electron chi connectivity index (χ4n) is 2.90. The predicted octanol–water partition coefficient (Wildman–Crippen LogP) is 2.44. The first-order chi connectivity index (χ1) is 10.7. The topological polar surface area (TPSA) is 59.3 Å². The number of aliphatic hydroxyl groups excluding tert-OH is 1. The van der Waals surface area contributed by atoms with Crippen LogP contribution in [0.15, 0.2) is 30.3 Å². The highest BCUT2D eigenvalue weighted by atomic mass is 16.5. The molecule has 0 bridgehead atoms. The third-order valence-corrected chi connectivity index (χ3v) is 4.22. The van der Waals surface area contributed by atoms with Gasteiger partial charge >= 0.3 is 0 Å². The zero-order valence-electron chi connectivity index (χ0n) is 13.1. The Labute approximate surface area is 130 Å². The summed E-state index contributed by atoms with van der Waals surface area (Å²) in [6.07, 6.45) is 1.19. The Morgan fingerprint density at radius 1 is 1.41 bits per heavy atom. The van der Waals surface area contributed by atoms with E-state index in [2.05, 4.69) is 42.5 Å². The number of hydrogen-bond acceptors (Lipinski definition) is 4. The van der Waals surface area contributed by atoms with Gasteiger partial charge in [0.25, 0.3) is 0 Å². The van der Waals surface area contributed by atoms with E-state index in [9.17, 15) is 5.11 Å². The van der Waals surface area contributed by atoms with Crippen LogP contribution in [-0.2, 0) is 11.3 Å². The molecule has 0 amide bonds. The van der Waals surface area contributed by atoms with Crippen LogP contribution in [0.4, 0.5) is 5.82 Å². The second-order valence-corrected chi connectivity index (χ2v) is 5.79. The maximum absolute atomic E-state index is 9.28. The molecule has 1 aliphatic rings. The molecule has 0 aliphatic carbocycles. The first kappa shape index (κ1) is 15.1. The summed E-state index contributed by atoms with van der Waals surface area (Å²) in [5.74, 6) is 0.939. The molecule has 0 radical (unpaired) electrons. The van der Waals surface area contributed by atoms with Crippen LogP contribution in [0.5, 0.6) is 0 Å². The van der Waals surface area contributed by atoms with Gasteiger partial charge < -0.3 is 15.2 Å². The maximum Gasteiger partial charge on any atom is 0.125 e. The average molecular weight is 301 g/mol. The SMILES string of the molecule is Cc1ccccc1-c1cc(NC2CCOC2C)n(CCO)n1. The van der Waals surface area contributed by atoms with Crippen molar-refractivity contribution >= 4 is 5.82 Å². The number of aryl methyl sites for hydroxylation is 1. The molecule has 118 valence electrons. The first-order valence-electron chi connectivity index (χ1n) is 7.82. The number of anilines is 1. The minimum atomic E-state index is 0.0697. The number of aromatic nitrogens is 2. The third kappa shape index (κ3) is 3.00. The van der Waals surface area contributed by atoms with Crippen molar-refractivity contribution in [3.05, 3.63) is 35.9 Å². The van der Waals surface area contributed by atoms with Crippen molar-refractivity contribution in [2.45, 2.75) is 39.0 Å². The Hall–Kier alpha value is -1.85. The summed E-state index contributed by atoms with van der Waals surface area (Å²) in [6, 6.07) is 10.6. The van der Waals surface area contributed by atoms with Crippen molar-refractivity contribution in [1.82, 2.24) is 9.78 Å². The summed E-state index contributed by atoms with van der Waals surface area (Å²) in [4.78, 5) is 0. The van der Waals surface area contributed by atoms with Gasteiger partial charge in [-0.3, -0.25) is 0 Å². The standard InChI is InChI=1S/C17H23N3O2/c1-12-5-3-4-6-14(12)16-11-17(20(19-16)8-9-21)18-15-7-10-22-13(15)2/h3-6,11,13,15,18,21H,7-10H2,1-2H3. The number of ether oxygens (including phenoxy) is 1. The van der Waals surface area contributed by atoms with Crippen LogP contribution in [0, 0.1) is 6.92 Å². The highest BCUT2D eigenvalue weighted by Crippen LogP contribution is 2.26. The summed E-state index contributed by atoms with van der Waals surface area (Å²) in [7, 11) is 0. The third-order valence-electron chi connectivity index (χ3n) is 4.22. The van der Waals surface area contributed by atoms with Crippen LogP contribution >= 0.6 is 0 Å². The smallest absolute Gasteiger partial charge is 0.125 e. The molecule has 0 spiro atoms. The molecule has 1 aromatic heterocycles. The van der Waals surface area contributed by atoms with E-state index in [-0.39, 0.29) is 12.7 Å². The minimum Gasteiger partial charge on any atom is -0.394 e. The van der Waals surface area contributed by atoms with Crippen molar-refractivity contribution in [3.8, 4) is 11.3 Å². The molecule has 2 heterocycles. The average Bonchev–Trinajstić information content (AvgIpc) is 3.08. The molecule has 2 atom stereocenters. The molecule has 1 fully saturated rings. The van der Waals surface area contributed by atoms with Crippen LogP contribution in [0.1, 0.15) is 18.9 Å². The van der Waals surface area contributed by atoms with Gasteiger partial charge in [0.05, 0.1) is 31.0 Å². The summed E-state index contributed by atoms with van der Waals surface area (Å²) in [5.41, 5.74) is 3.25. The quantitative estimate of drug-likeness (QED) is 0.890. The Bertz CT molecular complexity index is 639. The van der Waals surface area contributed by atoms with Crippen molar-refractivity contribution < 1.29 is 9.84 Å². The molecule has 5 nitrogen and oxygen atoms in total. The Morgan fingerprint density at radius 3 is 2.91 bits per heavy atom. The van der Waals surface area contributed by atoms with Crippen molar-refractivity contribution in [3.63, 3.8) is 0 Å². The van der Waals surface area contributed by atoms with Gasteiger partial charge in [0.2, 0.25) is 0 Å². The zero-order valence-corrected chi connectivity index (χ0v) is 13.1. The largest absolute Gasteiger partial charge is 0.394 e. The van der Waals surface area contributed by atoms with Crippen LogP contribution in [0.2, 0.25) is 0 Å². The molecule has 1 saturated heterocycles. The van der Waals surface area contributed by atoms with E-state index in [1.807, 2.05) is 16.8 Å². The number of benzene rings is 1. The van der Waals surface area contributed by atoms with Gasteiger partial charge in [0.1, 0.15) is 5.82 Å². The molecule has 1 aromatic carbocycles. The van der Waals surface area contributed by atoms with E-state index in [0.29, 0.717) is 12.6 Å². The van der Waals surface area contributed by atoms with Gasteiger partial charge in [0.15, 0.2) is 0 Å². The molecule has 3 rings (SSSR count). The molecule has 1 aliphatic heterocycles. The predicted molar refractivity (Wildman–Crippen MR) is 86.9 cm³/mol. The monoisotopic (exact) mass is 301 g/mol. The van der Waals surface area contributed by atoms with Gasteiger partial charge in [0, 0.05) is 18.2 Å². The van der Waals surface area contributed by atoms with Crippen LogP contribution < -0.4 is 5.32 Å². The van der Waals surface area contributed by atoms with Crippen LogP contribution in [0.25, 0.3) is 11.3 Å². The highest BCUT2D eigenvalue weighted by Gasteiger charge is 2.25. The molecular weight excluding hydrogens is 278 g/mol. The summed E-state index contributed by atoms with van der Waals surface area (Å²) in [5, 5.41) is 17.4. The number of hydrogen-bond donors (Lipinski definition) is 2. The van der Waals surface area contributed by atoms with E-state index in [1.165, 1.54) is 5.56 Å². The van der Waals surface area contributed by atoms with Crippen molar-refractivity contribution in [2.75, 3.05) is 18.5 Å². The Kier molecular flexibility index (Phi) is 4.45. The van der Waals surface area contributed by atoms with E-state index in [0.717, 1.165) is 30.1 Å². The maximum atomic E-state index is 9.28. The lowest BCUT2D eigenvalue weighted by atomic mass is 10.1. The second-order valence-electron chi connectivity index (χ2n) is 5.79. The lowest BCUT2D eigenvalue weighted by Gasteiger charge is -2.17. The molecule has 22 heavy (non-hydrogen) atoms. The fraction of sp³-hybridized carbons (Fsp3) is 0.471. The highest BCUT2D eigenvalue weighted by molar-refractivity contribution is 5.66. The molecule has 2 unspecified atom stereocenters. The van der Waals surface area contributed by atoms with Gasteiger partial charge in [-0.25, -0.2) is 4.68 Å². The Balaban J connectivity index is 1.90. The van der Waals surface area contributed by atoms with Gasteiger partial charge in [-0.15, -0.1) is 0 Å². The number of rotatable bonds is 5. The summed E-state index contributed by atoms with van der Waals surface area (Å²) >= 11 is 0. The summed E-state index contributed by atoms with van der Waals surface area (Å²) < 4.78 is 7.45. The van der Waals surface area contributed by atoms with Gasteiger partial charge in [-0.2, -0.15) is 5.10 Å². The second kappa shape index (κ2) is 6.50. The fourth-order valence-corrected chi connectivity index (χ4v) is 2.90. The normalized spacial score (nSPS) is 21.2. The van der Waals surface area contributed by atoms with Crippen molar-refractivity contribution in [1.29, 1.82) is 0 Å². The minimum absolute atomic E-state index is 0.0697. The first-order valence-corrected chi connectivity index (χ1v) is 7.82. The van der Waals surface area contributed by atoms with Crippen LogP contribution in [-0.4, -0.2) is 40.2 Å². The van der Waals surface area contributed by atoms with E-state index in [4.69, 9.17) is 4.74 Å². The van der Waals surface area contributed by atoms with Crippen molar-refractivity contribution in [2.24, 2.45) is 0 Å². The number of aliphatic hydroxyl groups is 1.